The number of nitriles is 1. The number of halogens is 4. The van der Waals surface area contributed by atoms with Gasteiger partial charge in [0.15, 0.2) is 11.4 Å². The van der Waals surface area contributed by atoms with Gasteiger partial charge in [0.2, 0.25) is 0 Å². The smallest absolute Gasteiger partial charge is 0.435 e. The molecular formula is C19H16F4N6O4. The summed E-state index contributed by atoms with van der Waals surface area (Å²) in [6.07, 6.45) is -4.99. The van der Waals surface area contributed by atoms with Gasteiger partial charge in [0.05, 0.1) is 5.56 Å². The topological polar surface area (TPSA) is 139 Å². The number of hydrogen-bond acceptors (Lipinski definition) is 7. The van der Waals surface area contributed by atoms with Gasteiger partial charge < -0.3 is 5.11 Å². The van der Waals surface area contributed by atoms with E-state index < -0.39 is 58.3 Å². The van der Waals surface area contributed by atoms with Crippen molar-refractivity contribution in [2.45, 2.75) is 32.5 Å². The summed E-state index contributed by atoms with van der Waals surface area (Å²) in [6.45, 7) is 3.73. The molecule has 33 heavy (non-hydrogen) atoms. The summed E-state index contributed by atoms with van der Waals surface area (Å²) in [5.74, 6) is -4.02. The number of amidine groups is 1. The first-order valence-electron chi connectivity index (χ1n) is 8.96. The molecule has 1 saturated heterocycles. The van der Waals surface area contributed by atoms with Gasteiger partial charge in [-0.05, 0) is 39.0 Å². The average Bonchev–Trinajstić information content (AvgIpc) is 2.87. The van der Waals surface area contributed by atoms with Gasteiger partial charge in [-0.2, -0.15) is 18.4 Å². The lowest BCUT2D eigenvalue weighted by Crippen LogP contribution is -2.44. The Bertz CT molecular complexity index is 1160. The molecule has 0 spiro atoms. The van der Waals surface area contributed by atoms with Crippen molar-refractivity contribution in [1.82, 2.24) is 4.90 Å². The van der Waals surface area contributed by atoms with Gasteiger partial charge in [0.1, 0.15) is 23.3 Å². The number of aromatic carboxylic acids is 1. The third-order valence-corrected chi connectivity index (χ3v) is 4.55. The second-order valence-corrected chi connectivity index (χ2v) is 7.06. The Morgan fingerprint density at radius 1 is 1.21 bits per heavy atom. The Labute approximate surface area is 184 Å². The largest absolute Gasteiger partial charge is 0.478 e. The fourth-order valence-corrected chi connectivity index (χ4v) is 2.99. The fraction of sp³-hybridized carbons (Fsp3) is 0.316. The van der Waals surface area contributed by atoms with Gasteiger partial charge in [0.25, 0.3) is 5.91 Å². The van der Waals surface area contributed by atoms with Crippen molar-refractivity contribution >= 4 is 40.9 Å². The molecule has 10 nitrogen and oxygen atoms in total. The minimum absolute atomic E-state index is 0.144. The van der Waals surface area contributed by atoms with Crippen LogP contribution in [0.25, 0.3) is 0 Å². The zero-order valence-corrected chi connectivity index (χ0v) is 17.6. The van der Waals surface area contributed by atoms with E-state index in [0.717, 1.165) is 37.1 Å². The van der Waals surface area contributed by atoms with Gasteiger partial charge in [-0.25, -0.2) is 18.9 Å². The number of carbonyl (C=O) groups is 3. The second kappa shape index (κ2) is 8.77. The molecule has 0 saturated carbocycles. The van der Waals surface area contributed by atoms with E-state index >= 15 is 0 Å². The highest BCUT2D eigenvalue weighted by Crippen LogP contribution is 2.34. The zero-order valence-electron chi connectivity index (χ0n) is 17.6. The summed E-state index contributed by atoms with van der Waals surface area (Å²) in [4.78, 5) is 41.2. The van der Waals surface area contributed by atoms with Gasteiger partial charge >= 0.3 is 18.2 Å². The van der Waals surface area contributed by atoms with Crippen molar-refractivity contribution in [1.29, 1.82) is 5.26 Å². The summed E-state index contributed by atoms with van der Waals surface area (Å²) < 4.78 is 53.0. The van der Waals surface area contributed by atoms with E-state index in [-0.39, 0.29) is 5.69 Å². The minimum Gasteiger partial charge on any atom is -0.478 e. The Balaban J connectivity index is 2.50. The quantitative estimate of drug-likeness (QED) is 0.238. The molecule has 0 aromatic heterocycles. The zero-order chi connectivity index (χ0) is 25.3. The highest BCUT2D eigenvalue weighted by Gasteiger charge is 2.53. The van der Waals surface area contributed by atoms with E-state index in [4.69, 9.17) is 10.4 Å². The lowest BCUT2D eigenvalue weighted by atomic mass is 10.0. The molecule has 1 heterocycles. The molecular weight excluding hydrogens is 452 g/mol. The van der Waals surface area contributed by atoms with Crippen molar-refractivity contribution in [2.24, 2.45) is 15.2 Å². The second-order valence-electron chi connectivity index (χ2n) is 7.06. The summed E-state index contributed by atoms with van der Waals surface area (Å²) in [5, 5.41) is 24.5. The van der Waals surface area contributed by atoms with E-state index in [0.29, 0.717) is 4.90 Å². The van der Waals surface area contributed by atoms with Crippen molar-refractivity contribution in [3.8, 4) is 6.07 Å². The van der Waals surface area contributed by atoms with Crippen LogP contribution in [0.3, 0.4) is 0 Å². The summed E-state index contributed by atoms with van der Waals surface area (Å²) in [6, 6.07) is 2.95. The molecule has 1 aromatic carbocycles. The monoisotopic (exact) mass is 468 g/mol. The highest BCUT2D eigenvalue weighted by atomic mass is 19.4. The van der Waals surface area contributed by atoms with Crippen molar-refractivity contribution in [3.63, 3.8) is 0 Å². The van der Waals surface area contributed by atoms with Crippen LogP contribution in [0.1, 0.15) is 31.1 Å². The SMILES string of the molecule is C\N=C(/C(C#N)=N\N=C(/C)N1C(=O)N(c2ccc(C(=O)O)c(F)c2)C(C)(C)C1=O)C(F)(F)F. The lowest BCUT2D eigenvalue weighted by Gasteiger charge is -2.27. The highest BCUT2D eigenvalue weighted by molar-refractivity contribution is 6.50. The molecule has 0 radical (unpaired) electrons. The van der Waals surface area contributed by atoms with E-state index in [2.05, 4.69) is 15.2 Å². The lowest BCUT2D eigenvalue weighted by molar-refractivity contribution is -0.127. The molecule has 1 fully saturated rings. The molecule has 174 valence electrons. The average molecular weight is 468 g/mol. The molecule has 1 aliphatic rings. The first kappa shape index (κ1) is 25.1. The molecule has 2 rings (SSSR count). The predicted molar refractivity (Wildman–Crippen MR) is 108 cm³/mol. The summed E-state index contributed by atoms with van der Waals surface area (Å²) >= 11 is 0. The Hall–Kier alpha value is -4.15. The number of benzene rings is 1. The number of carboxylic acid groups (broad SMARTS) is 1. The van der Waals surface area contributed by atoms with E-state index in [1.54, 1.807) is 0 Å². The van der Waals surface area contributed by atoms with Gasteiger partial charge in [-0.3, -0.25) is 14.7 Å². The van der Waals surface area contributed by atoms with E-state index in [1.165, 1.54) is 19.9 Å². The number of imide groups is 1. The molecule has 3 amide bonds. The maximum Gasteiger partial charge on any atom is 0.435 e. The van der Waals surface area contributed by atoms with Crippen LogP contribution in [0.4, 0.5) is 28.0 Å². The molecule has 0 bridgehead atoms. The molecule has 1 aliphatic heterocycles. The number of nitrogens with zero attached hydrogens (tertiary/aromatic N) is 6. The van der Waals surface area contributed by atoms with Crippen LogP contribution in [-0.4, -0.2) is 63.9 Å². The van der Waals surface area contributed by atoms with Crippen molar-refractivity contribution in [3.05, 3.63) is 29.6 Å². The van der Waals surface area contributed by atoms with E-state index in [9.17, 15) is 31.9 Å². The minimum atomic E-state index is -4.99. The molecule has 1 N–H and O–H groups in total. The van der Waals surface area contributed by atoms with Crippen molar-refractivity contribution in [2.75, 3.05) is 11.9 Å². The fourth-order valence-electron chi connectivity index (χ4n) is 2.99. The normalized spacial score (nSPS) is 17.5. The predicted octanol–water partition coefficient (Wildman–Crippen LogP) is 3.00. The molecule has 14 heteroatoms. The third kappa shape index (κ3) is 4.56. The Morgan fingerprint density at radius 2 is 1.82 bits per heavy atom. The number of aliphatic imine (C=N–C) groups is 1. The number of carboxylic acids is 1. The number of hydrogen-bond donors (Lipinski definition) is 1. The molecule has 0 aliphatic carbocycles. The maximum absolute atomic E-state index is 14.1. The number of amides is 3. The number of alkyl halides is 3. The van der Waals surface area contributed by atoms with E-state index in [1.807, 2.05) is 0 Å². The summed E-state index contributed by atoms with van der Waals surface area (Å²) in [5.41, 5.74) is -5.19. The summed E-state index contributed by atoms with van der Waals surface area (Å²) in [7, 11) is 0.801. The maximum atomic E-state index is 14.1. The van der Waals surface area contributed by atoms with Gasteiger partial charge in [-0.1, -0.05) is 0 Å². The van der Waals surface area contributed by atoms with Crippen LogP contribution in [0.15, 0.2) is 33.4 Å². The number of rotatable bonds is 4. The Morgan fingerprint density at radius 3 is 2.27 bits per heavy atom. The van der Waals surface area contributed by atoms with Gasteiger partial charge in [0, 0.05) is 12.7 Å². The van der Waals surface area contributed by atoms with Crippen LogP contribution in [-0.2, 0) is 4.79 Å². The molecule has 0 unspecified atom stereocenters. The first-order chi connectivity index (χ1) is 15.2. The van der Waals surface area contributed by atoms with Gasteiger partial charge in [-0.15, -0.1) is 10.2 Å². The third-order valence-electron chi connectivity index (χ3n) is 4.55. The standard InChI is InChI=1S/C19H16F4N6O4/c1-9(26-27-13(8-24)14(25-4)19(21,22)23)28-16(32)18(2,3)29(17(28)33)10-5-6-11(15(30)31)12(20)7-10/h5-7H,1-4H3,(H,30,31)/b25-14+,26-9+,27-13-. The molecule has 1 aromatic rings. The van der Waals surface area contributed by atoms with Crippen LogP contribution in [0.5, 0.6) is 0 Å². The van der Waals surface area contributed by atoms with Crippen LogP contribution in [0.2, 0.25) is 0 Å². The number of anilines is 1. The van der Waals surface area contributed by atoms with Crippen molar-refractivity contribution < 1.29 is 37.1 Å². The number of urea groups is 1. The van der Waals surface area contributed by atoms with Crippen LogP contribution < -0.4 is 4.90 Å². The Kier molecular flexibility index (Phi) is 6.67. The number of carbonyl (C=O) groups excluding carboxylic acids is 2. The van der Waals surface area contributed by atoms with Crippen LogP contribution >= 0.6 is 0 Å². The molecule has 0 atom stereocenters. The van der Waals surface area contributed by atoms with Crippen LogP contribution in [0, 0.1) is 17.1 Å². The first-order valence-corrected chi connectivity index (χ1v) is 8.96.